The molecule has 0 aliphatic heterocycles. The molecule has 0 bridgehead atoms. The molecule has 0 spiro atoms. The fourth-order valence-electron chi connectivity index (χ4n) is 0.563. The van der Waals surface area contributed by atoms with Gasteiger partial charge < -0.3 is 15.3 Å². The molecule has 0 heterocycles. The van der Waals surface area contributed by atoms with E-state index in [1.165, 1.54) is 12.1 Å². The smallest absolute Gasteiger partial charge is 0 e. The predicted octanol–water partition coefficient (Wildman–Crippen LogP) is 2.62. The third-order valence-corrected chi connectivity index (χ3v) is 3.06. The van der Waals surface area contributed by atoms with Gasteiger partial charge >= 0.3 is 53.8 Å². The summed E-state index contributed by atoms with van der Waals surface area (Å²) < 4.78 is 35.0. The molecule has 0 amide bonds. The first-order chi connectivity index (χ1) is 9.30. The van der Waals surface area contributed by atoms with Gasteiger partial charge in [-0.1, -0.05) is 0 Å². The van der Waals surface area contributed by atoms with Gasteiger partial charge in [0.15, 0.2) is 0 Å². The van der Waals surface area contributed by atoms with Gasteiger partial charge in [-0.25, -0.2) is 0 Å². The van der Waals surface area contributed by atoms with Crippen LogP contribution in [0.3, 0.4) is 0 Å². The molecule has 8 heteroatoms. The van der Waals surface area contributed by atoms with Gasteiger partial charge in [0.2, 0.25) is 0 Å². The van der Waals surface area contributed by atoms with Gasteiger partial charge in [0.05, 0.1) is 0 Å². The van der Waals surface area contributed by atoms with Crippen molar-refractivity contribution < 1.29 is 52.0 Å². The summed E-state index contributed by atoms with van der Waals surface area (Å²) in [4.78, 5) is 0. The molecule has 0 saturated carbocycles. The minimum absolute atomic E-state index is 0. The van der Waals surface area contributed by atoms with Gasteiger partial charge in [-0.15, -0.1) is 0 Å². The maximum Gasteiger partial charge on any atom is 0 e. The van der Waals surface area contributed by atoms with Crippen molar-refractivity contribution in [2.45, 2.75) is 59.9 Å². The SMILES string of the molecule is CC(C)O.CC(C)O.CC(C)O.[F][Ge]([F])([F])[c-]1cccc1.[Zr]. The maximum atomic E-state index is 11.8. The van der Waals surface area contributed by atoms with Crippen LogP contribution < -0.4 is 4.40 Å². The summed E-state index contributed by atoms with van der Waals surface area (Å²) in [5.41, 5.74) is 0. The molecule has 22 heavy (non-hydrogen) atoms. The first-order valence-electron chi connectivity index (χ1n) is 6.63. The first-order valence-corrected chi connectivity index (χ1v) is 10.1. The van der Waals surface area contributed by atoms with E-state index >= 15 is 0 Å². The summed E-state index contributed by atoms with van der Waals surface area (Å²) in [6, 6.07) is 5.07. The molecule has 0 saturated heterocycles. The van der Waals surface area contributed by atoms with Crippen LogP contribution in [0, 0.1) is 0 Å². The summed E-state index contributed by atoms with van der Waals surface area (Å²) >= 11 is -5.94. The number of rotatable bonds is 1. The Kier molecular flexibility index (Phi) is 24.5. The molecule has 0 atom stereocenters. The Morgan fingerprint density at radius 1 is 0.727 bits per heavy atom. The molecular formula is C14H28F3GeO3Zr-. The fourth-order valence-corrected chi connectivity index (χ4v) is 1.76. The molecule has 0 fully saturated rings. The number of halogens is 3. The van der Waals surface area contributed by atoms with Gasteiger partial charge in [-0.3, -0.25) is 0 Å². The van der Waals surface area contributed by atoms with Crippen LogP contribution in [0.5, 0.6) is 0 Å². The van der Waals surface area contributed by atoms with E-state index < -0.39 is 19.1 Å². The van der Waals surface area contributed by atoms with Crippen molar-refractivity contribution in [3.05, 3.63) is 24.3 Å². The van der Waals surface area contributed by atoms with E-state index in [1.807, 2.05) is 0 Å². The average molecular weight is 465 g/mol. The Morgan fingerprint density at radius 3 is 1.00 bits per heavy atom. The minimum atomic E-state index is -5.94. The minimum Gasteiger partial charge on any atom is 0 e. The van der Waals surface area contributed by atoms with Gasteiger partial charge in [0.1, 0.15) is 0 Å². The van der Waals surface area contributed by atoms with Crippen LogP contribution in [0.15, 0.2) is 24.3 Å². The summed E-state index contributed by atoms with van der Waals surface area (Å²) in [7, 11) is 0. The Labute approximate surface area is 154 Å². The van der Waals surface area contributed by atoms with Crippen LogP contribution in [0.25, 0.3) is 0 Å². The van der Waals surface area contributed by atoms with Gasteiger partial charge in [-0.05, 0) is 41.5 Å². The van der Waals surface area contributed by atoms with Crippen LogP contribution in [0.4, 0.5) is 10.5 Å². The molecule has 1 aromatic carbocycles. The second-order valence-electron chi connectivity index (χ2n) is 4.95. The zero-order chi connectivity index (χ0) is 17.6. The maximum absolute atomic E-state index is 11.8. The van der Waals surface area contributed by atoms with E-state index in [2.05, 4.69) is 0 Å². The normalized spacial score (nSPS) is 9.77. The largest absolute Gasteiger partial charge is 0 e. The Morgan fingerprint density at radius 2 is 0.909 bits per heavy atom. The fraction of sp³-hybridized carbons (Fsp3) is 0.643. The van der Waals surface area contributed by atoms with Crippen LogP contribution in [-0.2, 0) is 26.2 Å². The van der Waals surface area contributed by atoms with E-state index in [-0.39, 0.29) is 44.5 Å². The molecular weight excluding hydrogens is 437 g/mol. The average Bonchev–Trinajstić information content (AvgIpc) is 2.64. The van der Waals surface area contributed by atoms with Gasteiger partial charge in [0, 0.05) is 44.5 Å². The van der Waals surface area contributed by atoms with Gasteiger partial charge in [-0.2, -0.15) is 0 Å². The van der Waals surface area contributed by atoms with E-state index in [1.54, 1.807) is 41.5 Å². The van der Waals surface area contributed by atoms with E-state index in [4.69, 9.17) is 15.3 Å². The van der Waals surface area contributed by atoms with Crippen LogP contribution >= 0.6 is 0 Å². The third kappa shape index (κ3) is 42.8. The molecule has 0 radical (unpaired) electrons. The van der Waals surface area contributed by atoms with Crippen molar-refractivity contribution in [3.8, 4) is 0 Å². The molecule has 132 valence electrons. The zero-order valence-electron chi connectivity index (χ0n) is 14.0. The topological polar surface area (TPSA) is 60.7 Å². The Hall–Kier alpha value is 0.446. The van der Waals surface area contributed by atoms with Crippen molar-refractivity contribution in [2.24, 2.45) is 0 Å². The molecule has 1 rings (SSSR count). The molecule has 0 aliphatic rings. The molecule has 3 N–H and O–H groups in total. The number of aliphatic hydroxyl groups is 3. The molecule has 0 unspecified atom stereocenters. The van der Waals surface area contributed by atoms with Crippen molar-refractivity contribution in [3.63, 3.8) is 0 Å². The summed E-state index contributed by atoms with van der Waals surface area (Å²) in [6.45, 7) is 10.3. The second kappa shape index (κ2) is 17.8. The quantitative estimate of drug-likeness (QED) is 0.442. The summed E-state index contributed by atoms with van der Waals surface area (Å²) in [6.07, 6.45) is -0.500. The van der Waals surface area contributed by atoms with Crippen molar-refractivity contribution in [2.75, 3.05) is 0 Å². The third-order valence-electron chi connectivity index (χ3n) is 0.990. The second-order valence-corrected chi connectivity index (χ2v) is 8.25. The van der Waals surface area contributed by atoms with E-state index in [0.717, 1.165) is 12.1 Å². The Bertz CT molecular complexity index is 280. The number of hydrogen-bond donors (Lipinski definition) is 3. The monoisotopic (exact) mass is 465 g/mol. The Balaban J connectivity index is -0.000000107. The van der Waals surface area contributed by atoms with E-state index in [0.29, 0.717) is 0 Å². The van der Waals surface area contributed by atoms with E-state index in [9.17, 15) is 10.5 Å². The van der Waals surface area contributed by atoms with Crippen molar-refractivity contribution >= 4 is 19.1 Å². The number of aliphatic hydroxyl groups excluding tert-OH is 3. The molecule has 3 nitrogen and oxygen atoms in total. The summed E-state index contributed by atoms with van der Waals surface area (Å²) in [5.74, 6) is 0. The van der Waals surface area contributed by atoms with Crippen LogP contribution in [0.1, 0.15) is 41.5 Å². The van der Waals surface area contributed by atoms with Crippen LogP contribution in [0.2, 0.25) is 0 Å². The zero-order valence-corrected chi connectivity index (χ0v) is 18.6. The van der Waals surface area contributed by atoms with Gasteiger partial charge in [0.25, 0.3) is 0 Å². The van der Waals surface area contributed by atoms with Crippen molar-refractivity contribution in [1.82, 2.24) is 0 Å². The van der Waals surface area contributed by atoms with Crippen LogP contribution in [-0.4, -0.2) is 48.3 Å². The predicted molar refractivity (Wildman–Crippen MR) is 82.8 cm³/mol. The summed E-state index contributed by atoms with van der Waals surface area (Å²) in [5, 5.41) is 24.2. The number of hydrogen-bond acceptors (Lipinski definition) is 3. The standard InChI is InChI=1S/C5H4F3Ge.3C3H8O.Zr/c6-9(7,8)5-3-1-2-4-5;3*1-3(2)4;/h1-4H;3*3-4H,1-2H3;/q-1;;;;. The first kappa shape index (κ1) is 30.3. The van der Waals surface area contributed by atoms with Crippen molar-refractivity contribution in [1.29, 1.82) is 0 Å². The molecule has 0 aliphatic carbocycles. The molecule has 1 aromatic rings. The molecule has 0 aromatic heterocycles.